The topological polar surface area (TPSA) is 237 Å². The molecule has 0 bridgehead atoms. The zero-order valence-electron chi connectivity index (χ0n) is 33.3. The molecule has 2 heterocycles. The van der Waals surface area contributed by atoms with Crippen molar-refractivity contribution in [2.75, 3.05) is 10.6 Å². The van der Waals surface area contributed by atoms with E-state index in [1.165, 1.54) is 0 Å². The molecule has 0 aliphatic carbocycles. The molecule has 14 heteroatoms. The second kappa shape index (κ2) is 21.1. The Balaban J connectivity index is 0.000000228. The van der Waals surface area contributed by atoms with Crippen LogP contribution in [0.25, 0.3) is 4.85 Å². The number of nitrogens with zero attached hydrogens (tertiary/aromatic N) is 4. The van der Waals surface area contributed by atoms with E-state index in [2.05, 4.69) is 31.5 Å². The Kier molecular flexibility index (Phi) is 15.3. The van der Waals surface area contributed by atoms with E-state index in [-0.39, 0.29) is 24.9 Å². The monoisotopic (exact) mass is 802 g/mol. The molecule has 0 saturated carbocycles. The number of amidine groups is 2. The van der Waals surface area contributed by atoms with Crippen LogP contribution in [-0.2, 0) is 39.5 Å². The lowest BCUT2D eigenvalue weighted by molar-refractivity contribution is 0.257. The largest absolute Gasteiger partial charge is 0.487 e. The zero-order chi connectivity index (χ0) is 43.0. The number of nitriles is 1. The number of rotatable bonds is 16. The summed E-state index contributed by atoms with van der Waals surface area (Å²) in [5.41, 5.74) is 21.4. The Labute approximate surface area is 349 Å². The summed E-state index contributed by atoms with van der Waals surface area (Å²) in [6.45, 7) is 11.9. The number of pyridine rings is 2. The highest BCUT2D eigenvalue weighted by molar-refractivity contribution is 5.95. The fraction of sp³-hybridized carbons (Fsp3) is 0.174. The first kappa shape index (κ1) is 43.3. The minimum absolute atomic E-state index is 0.0183. The van der Waals surface area contributed by atoms with E-state index in [0.717, 1.165) is 22.3 Å². The molecule has 0 saturated heterocycles. The molecule has 0 spiro atoms. The van der Waals surface area contributed by atoms with Gasteiger partial charge in [0.15, 0.2) is 5.69 Å². The smallest absolute Gasteiger partial charge is 0.187 e. The van der Waals surface area contributed by atoms with E-state index >= 15 is 0 Å². The molecule has 2 aromatic heterocycles. The van der Waals surface area contributed by atoms with Crippen molar-refractivity contribution in [3.8, 4) is 17.6 Å². The molecule has 4 aromatic carbocycles. The fourth-order valence-corrected chi connectivity index (χ4v) is 5.93. The Morgan fingerprint density at radius 3 is 1.42 bits per heavy atom. The summed E-state index contributed by atoms with van der Waals surface area (Å²) in [5.74, 6) is 1.13. The summed E-state index contributed by atoms with van der Waals surface area (Å²) >= 11 is 0. The second-order valence-electron chi connectivity index (χ2n) is 13.5. The Morgan fingerprint density at radius 1 is 0.667 bits per heavy atom. The Hall–Kier alpha value is -7.78. The quantitative estimate of drug-likeness (QED) is 0.0278. The number of hydrogen-bond acceptors (Lipinski definition) is 11. The number of aliphatic hydroxyl groups excluding tert-OH is 2. The normalized spacial score (nSPS) is 10.3. The van der Waals surface area contributed by atoms with Crippen LogP contribution in [0.15, 0.2) is 109 Å². The first-order valence-electron chi connectivity index (χ1n) is 18.8. The van der Waals surface area contributed by atoms with Crippen molar-refractivity contribution in [3.63, 3.8) is 0 Å². The predicted molar refractivity (Wildman–Crippen MR) is 232 cm³/mol. The molecule has 0 aliphatic rings. The SMILES string of the molecule is Cc1ncc(NCc2ccc(C(=N)N)cc2)c(CO)c1OCc1ccc(C(=N)N)cc1.[C-]#[N+]c1ccc(COc2c(C)ncc(NCc3ccc(C#N)cc3)c2CO)cc1. The zero-order valence-corrected chi connectivity index (χ0v) is 33.3. The van der Waals surface area contributed by atoms with Crippen LogP contribution in [-0.4, -0.2) is 31.9 Å². The summed E-state index contributed by atoms with van der Waals surface area (Å²) in [4.78, 5) is 12.2. The van der Waals surface area contributed by atoms with Gasteiger partial charge in [0, 0.05) is 35.3 Å². The molecule has 304 valence electrons. The van der Waals surface area contributed by atoms with Crippen molar-refractivity contribution < 1.29 is 19.7 Å². The number of ether oxygens (including phenoxy) is 2. The molecule has 6 aromatic rings. The molecule has 0 atom stereocenters. The number of benzene rings is 4. The van der Waals surface area contributed by atoms with Gasteiger partial charge in [0.05, 0.1) is 66.6 Å². The number of aromatic nitrogens is 2. The summed E-state index contributed by atoms with van der Waals surface area (Å²) in [6.07, 6.45) is 3.36. The summed E-state index contributed by atoms with van der Waals surface area (Å²) in [5, 5.41) is 50.3. The van der Waals surface area contributed by atoms with Gasteiger partial charge in [-0.3, -0.25) is 20.8 Å². The van der Waals surface area contributed by atoms with Gasteiger partial charge < -0.3 is 41.8 Å². The van der Waals surface area contributed by atoms with Crippen molar-refractivity contribution in [3.05, 3.63) is 182 Å². The minimum atomic E-state index is -0.201. The van der Waals surface area contributed by atoms with Crippen LogP contribution in [0.5, 0.6) is 11.5 Å². The Morgan fingerprint density at radius 2 is 1.05 bits per heavy atom. The minimum Gasteiger partial charge on any atom is -0.487 e. The van der Waals surface area contributed by atoms with E-state index in [1.807, 2.05) is 62.4 Å². The summed E-state index contributed by atoms with van der Waals surface area (Å²) in [7, 11) is 0. The lowest BCUT2D eigenvalue weighted by Gasteiger charge is -2.17. The van der Waals surface area contributed by atoms with Crippen LogP contribution in [0.3, 0.4) is 0 Å². The number of anilines is 2. The van der Waals surface area contributed by atoms with Crippen molar-refractivity contribution in [1.82, 2.24) is 9.97 Å². The molecule has 0 amide bonds. The molecule has 60 heavy (non-hydrogen) atoms. The van der Waals surface area contributed by atoms with Gasteiger partial charge in [0.1, 0.15) is 36.4 Å². The van der Waals surface area contributed by atoms with Crippen molar-refractivity contribution in [1.29, 1.82) is 16.1 Å². The van der Waals surface area contributed by atoms with E-state index in [9.17, 15) is 10.2 Å². The second-order valence-corrected chi connectivity index (χ2v) is 13.5. The van der Waals surface area contributed by atoms with Gasteiger partial charge >= 0.3 is 0 Å². The van der Waals surface area contributed by atoms with Crippen LogP contribution in [0.1, 0.15) is 61.5 Å². The van der Waals surface area contributed by atoms with Crippen LogP contribution in [0.2, 0.25) is 0 Å². The van der Waals surface area contributed by atoms with E-state index < -0.39 is 0 Å². The van der Waals surface area contributed by atoms with Gasteiger partial charge in [-0.2, -0.15) is 5.26 Å². The van der Waals surface area contributed by atoms with E-state index in [1.54, 1.807) is 60.9 Å². The number of aliphatic hydroxyl groups is 2. The molecule has 6 rings (SSSR count). The maximum absolute atomic E-state index is 9.99. The molecule has 0 unspecified atom stereocenters. The first-order chi connectivity index (χ1) is 29.0. The average molecular weight is 803 g/mol. The maximum Gasteiger partial charge on any atom is 0.187 e. The highest BCUT2D eigenvalue weighted by Gasteiger charge is 2.16. The fourth-order valence-electron chi connectivity index (χ4n) is 5.93. The highest BCUT2D eigenvalue weighted by atomic mass is 16.5. The average Bonchev–Trinajstić information content (AvgIpc) is 3.27. The van der Waals surface area contributed by atoms with Gasteiger partial charge in [0.25, 0.3) is 0 Å². The molecule has 14 nitrogen and oxygen atoms in total. The highest BCUT2D eigenvalue weighted by Crippen LogP contribution is 2.31. The van der Waals surface area contributed by atoms with Gasteiger partial charge in [0.2, 0.25) is 0 Å². The molecule has 10 N–H and O–H groups in total. The van der Waals surface area contributed by atoms with E-state index in [0.29, 0.717) is 94.1 Å². The van der Waals surface area contributed by atoms with Crippen LogP contribution >= 0.6 is 0 Å². The van der Waals surface area contributed by atoms with Crippen molar-refractivity contribution >= 4 is 28.7 Å². The number of nitrogen functional groups attached to an aromatic ring is 2. The molecular weight excluding hydrogens is 757 g/mol. The third kappa shape index (κ3) is 11.6. The first-order valence-corrected chi connectivity index (χ1v) is 18.8. The van der Waals surface area contributed by atoms with Crippen LogP contribution in [0, 0.1) is 42.6 Å². The summed E-state index contributed by atoms with van der Waals surface area (Å²) < 4.78 is 12.0. The van der Waals surface area contributed by atoms with Gasteiger partial charge in [-0.1, -0.05) is 84.9 Å². The molecule has 0 aliphatic heterocycles. The number of hydrogen-bond donors (Lipinski definition) is 8. The van der Waals surface area contributed by atoms with Crippen molar-refractivity contribution in [2.45, 2.75) is 53.4 Å². The van der Waals surface area contributed by atoms with Gasteiger partial charge in [-0.15, -0.1) is 0 Å². The maximum atomic E-state index is 9.99. The standard InChI is InChI=1S/C23H26N6O2.C23H20N4O2/c1-14-21(31-13-16-4-8-18(9-5-16)23(26)27)19(12-30)20(11-28-14)29-10-15-2-6-17(7-3-15)22(24)25;1-16-23(29-15-19-7-9-20(25-2)10-8-19)21(14-28)22(13-26-16)27-12-18-5-3-17(11-24)4-6-18/h2-9,11,29-30H,10,12-13H2,1H3,(H3,24,25)(H3,26,27);3-10,13,27-28H,12,14-15H2,1H3. The summed E-state index contributed by atoms with van der Waals surface area (Å²) in [6, 6.07) is 31.2. The molecule has 0 radical (unpaired) electrons. The third-order valence-electron chi connectivity index (χ3n) is 9.36. The van der Waals surface area contributed by atoms with Gasteiger partial charge in [-0.05, 0) is 48.2 Å². The predicted octanol–water partition coefficient (Wildman–Crippen LogP) is 7.14. The number of nitrogens with one attached hydrogen (secondary N) is 4. The van der Waals surface area contributed by atoms with Crippen LogP contribution in [0.4, 0.5) is 17.1 Å². The third-order valence-corrected chi connectivity index (χ3v) is 9.36. The van der Waals surface area contributed by atoms with Crippen molar-refractivity contribution in [2.24, 2.45) is 11.5 Å². The molecule has 0 fully saturated rings. The lowest BCUT2D eigenvalue weighted by atomic mass is 10.1. The Bertz CT molecular complexity index is 2490. The number of nitrogens with two attached hydrogens (primary N) is 2. The number of aryl methyl sites for hydroxylation is 2. The van der Waals surface area contributed by atoms with Crippen LogP contribution < -0.4 is 31.6 Å². The molecular formula is C46H46N10O4. The van der Waals surface area contributed by atoms with E-state index in [4.69, 9.17) is 43.6 Å². The van der Waals surface area contributed by atoms with Gasteiger partial charge in [-0.25, -0.2) is 4.85 Å². The lowest BCUT2D eigenvalue weighted by Crippen LogP contribution is -2.11.